The minimum Gasteiger partial charge on any atom is -0.434 e. The first-order chi connectivity index (χ1) is 8.69. The average molecular weight is 257 g/mol. The van der Waals surface area contributed by atoms with Crippen LogP contribution in [0.2, 0.25) is 0 Å². The molecule has 1 unspecified atom stereocenters. The third-order valence-corrected chi connectivity index (χ3v) is 3.21. The van der Waals surface area contributed by atoms with Crippen LogP contribution in [-0.2, 0) is 6.54 Å². The molecule has 0 amide bonds. The Morgan fingerprint density at radius 3 is 2.83 bits per heavy atom. The zero-order chi connectivity index (χ0) is 13.0. The fourth-order valence-corrected chi connectivity index (χ4v) is 2.29. The summed E-state index contributed by atoms with van der Waals surface area (Å²) in [7, 11) is 0. The Morgan fingerprint density at radius 1 is 1.39 bits per heavy atom. The highest BCUT2D eigenvalue weighted by Gasteiger charge is 2.22. The van der Waals surface area contributed by atoms with E-state index in [0.717, 1.165) is 25.1 Å². The molecule has 2 rings (SSSR count). The second-order valence-corrected chi connectivity index (χ2v) is 4.56. The van der Waals surface area contributed by atoms with Crippen LogP contribution in [0.25, 0.3) is 0 Å². The van der Waals surface area contributed by atoms with Gasteiger partial charge in [0.05, 0.1) is 0 Å². The van der Waals surface area contributed by atoms with Gasteiger partial charge in [-0.2, -0.15) is 8.78 Å². The maximum absolute atomic E-state index is 12.3. The number of alkyl halides is 2. The summed E-state index contributed by atoms with van der Waals surface area (Å²) in [6, 6.07) is 6.85. The van der Waals surface area contributed by atoms with Crippen LogP contribution in [0.3, 0.4) is 0 Å². The van der Waals surface area contributed by atoms with E-state index in [1.165, 1.54) is 0 Å². The Kier molecular flexibility index (Phi) is 4.49. The van der Waals surface area contributed by atoms with Crippen molar-refractivity contribution in [3.8, 4) is 5.75 Å². The van der Waals surface area contributed by atoms with Gasteiger partial charge in [0.2, 0.25) is 0 Å². The van der Waals surface area contributed by atoms with Gasteiger partial charge in [0.25, 0.3) is 0 Å². The van der Waals surface area contributed by atoms with Gasteiger partial charge in [-0.25, -0.2) is 0 Å². The van der Waals surface area contributed by atoms with E-state index in [4.69, 9.17) is 5.11 Å². The summed E-state index contributed by atoms with van der Waals surface area (Å²) in [5, 5.41) is 9.07. The quantitative estimate of drug-likeness (QED) is 0.876. The Bertz CT molecular complexity index is 387. The van der Waals surface area contributed by atoms with E-state index in [0.29, 0.717) is 12.5 Å². The van der Waals surface area contributed by atoms with E-state index in [-0.39, 0.29) is 12.4 Å². The molecule has 0 radical (unpaired) electrons. The molecule has 0 saturated carbocycles. The van der Waals surface area contributed by atoms with E-state index in [1.54, 1.807) is 18.2 Å². The van der Waals surface area contributed by atoms with Crippen molar-refractivity contribution in [2.24, 2.45) is 5.92 Å². The number of aliphatic hydroxyl groups is 1. The van der Waals surface area contributed by atoms with Crippen molar-refractivity contribution in [2.75, 3.05) is 19.7 Å². The molecule has 1 aliphatic heterocycles. The van der Waals surface area contributed by atoms with Gasteiger partial charge in [-0.15, -0.1) is 0 Å². The molecule has 1 aromatic rings. The zero-order valence-electron chi connectivity index (χ0n) is 10.1. The van der Waals surface area contributed by atoms with Crippen LogP contribution >= 0.6 is 0 Å². The lowest BCUT2D eigenvalue weighted by atomic mass is 10.1. The maximum Gasteiger partial charge on any atom is 0.387 e. The zero-order valence-corrected chi connectivity index (χ0v) is 10.1. The van der Waals surface area contributed by atoms with Crippen LogP contribution in [0.5, 0.6) is 5.75 Å². The Balaban J connectivity index is 2.00. The molecule has 0 aliphatic carbocycles. The van der Waals surface area contributed by atoms with Gasteiger partial charge in [-0.3, -0.25) is 4.90 Å². The van der Waals surface area contributed by atoms with Crippen LogP contribution in [0.15, 0.2) is 24.3 Å². The highest BCUT2D eigenvalue weighted by molar-refractivity contribution is 5.33. The van der Waals surface area contributed by atoms with Gasteiger partial charge in [0, 0.05) is 25.3 Å². The molecular formula is C13H17F2NO2. The molecule has 3 nitrogen and oxygen atoms in total. The lowest BCUT2D eigenvalue weighted by Crippen LogP contribution is -2.21. The van der Waals surface area contributed by atoms with Crippen molar-refractivity contribution >= 4 is 0 Å². The number of aliphatic hydroxyl groups excluding tert-OH is 1. The molecule has 1 fully saturated rings. The molecule has 0 aromatic heterocycles. The van der Waals surface area contributed by atoms with Crippen molar-refractivity contribution in [1.82, 2.24) is 4.90 Å². The van der Waals surface area contributed by atoms with Crippen molar-refractivity contribution in [1.29, 1.82) is 0 Å². The minimum atomic E-state index is -2.80. The Labute approximate surface area is 105 Å². The van der Waals surface area contributed by atoms with Crippen molar-refractivity contribution in [2.45, 2.75) is 19.6 Å². The second-order valence-electron chi connectivity index (χ2n) is 4.56. The molecule has 0 bridgehead atoms. The third-order valence-electron chi connectivity index (χ3n) is 3.21. The molecule has 1 atom stereocenters. The second kappa shape index (κ2) is 6.11. The number of nitrogens with zero attached hydrogens (tertiary/aromatic N) is 1. The summed E-state index contributed by atoms with van der Waals surface area (Å²) >= 11 is 0. The highest BCUT2D eigenvalue weighted by atomic mass is 19.3. The van der Waals surface area contributed by atoms with Gasteiger partial charge in [0.15, 0.2) is 0 Å². The molecule has 1 saturated heterocycles. The highest BCUT2D eigenvalue weighted by Crippen LogP contribution is 2.24. The normalized spacial score (nSPS) is 20.6. The third kappa shape index (κ3) is 3.40. The Morgan fingerprint density at radius 2 is 2.17 bits per heavy atom. The van der Waals surface area contributed by atoms with E-state index in [9.17, 15) is 8.78 Å². The molecule has 1 N–H and O–H groups in total. The van der Waals surface area contributed by atoms with Crippen LogP contribution in [0, 0.1) is 5.92 Å². The predicted molar refractivity (Wildman–Crippen MR) is 63.5 cm³/mol. The first kappa shape index (κ1) is 13.2. The summed E-state index contributed by atoms with van der Waals surface area (Å²) < 4.78 is 29.0. The van der Waals surface area contributed by atoms with E-state index in [1.807, 2.05) is 6.07 Å². The maximum atomic E-state index is 12.3. The van der Waals surface area contributed by atoms with Crippen molar-refractivity contribution in [3.05, 3.63) is 29.8 Å². The molecule has 1 aliphatic rings. The molecule has 1 aromatic carbocycles. The van der Waals surface area contributed by atoms with Gasteiger partial charge in [0.1, 0.15) is 5.75 Å². The smallest absolute Gasteiger partial charge is 0.387 e. The molecule has 1 heterocycles. The molecule has 100 valence electrons. The van der Waals surface area contributed by atoms with Gasteiger partial charge in [-0.05, 0) is 24.9 Å². The number of halogens is 2. The SMILES string of the molecule is OCC1CCN(Cc2ccccc2OC(F)F)C1. The molecule has 18 heavy (non-hydrogen) atoms. The van der Waals surface area contributed by atoms with Crippen LogP contribution in [0.4, 0.5) is 8.78 Å². The molecular weight excluding hydrogens is 240 g/mol. The van der Waals surface area contributed by atoms with E-state index in [2.05, 4.69) is 9.64 Å². The van der Waals surface area contributed by atoms with Crippen molar-refractivity contribution < 1.29 is 18.6 Å². The number of rotatable bonds is 5. The number of para-hydroxylation sites is 1. The Hall–Kier alpha value is -1.20. The topological polar surface area (TPSA) is 32.7 Å². The van der Waals surface area contributed by atoms with Crippen LogP contribution in [0.1, 0.15) is 12.0 Å². The standard InChI is InChI=1S/C13H17F2NO2/c14-13(15)18-12-4-2-1-3-11(12)8-16-6-5-10(7-16)9-17/h1-4,10,13,17H,5-9H2. The monoisotopic (exact) mass is 257 g/mol. The largest absolute Gasteiger partial charge is 0.434 e. The van der Waals surface area contributed by atoms with Gasteiger partial charge >= 0.3 is 6.61 Å². The number of hydrogen-bond acceptors (Lipinski definition) is 3. The minimum absolute atomic E-state index is 0.186. The summed E-state index contributed by atoms with van der Waals surface area (Å²) in [5.74, 6) is 0.535. The number of benzene rings is 1. The van der Waals surface area contributed by atoms with Crippen molar-refractivity contribution in [3.63, 3.8) is 0 Å². The summed E-state index contributed by atoms with van der Waals surface area (Å²) in [4.78, 5) is 2.15. The summed E-state index contributed by atoms with van der Waals surface area (Å²) in [6.45, 7) is -0.339. The lowest BCUT2D eigenvalue weighted by Gasteiger charge is -2.18. The van der Waals surface area contributed by atoms with E-state index >= 15 is 0 Å². The van der Waals surface area contributed by atoms with Crippen LogP contribution in [-0.4, -0.2) is 36.3 Å². The fourth-order valence-electron chi connectivity index (χ4n) is 2.29. The van der Waals surface area contributed by atoms with E-state index < -0.39 is 6.61 Å². The van der Waals surface area contributed by atoms with Gasteiger partial charge in [-0.1, -0.05) is 18.2 Å². The number of ether oxygens (including phenoxy) is 1. The first-order valence-corrected chi connectivity index (χ1v) is 6.05. The lowest BCUT2D eigenvalue weighted by molar-refractivity contribution is -0.0507. The first-order valence-electron chi connectivity index (χ1n) is 6.05. The number of hydrogen-bond donors (Lipinski definition) is 1. The average Bonchev–Trinajstić information content (AvgIpc) is 2.79. The summed E-state index contributed by atoms with van der Waals surface area (Å²) in [5.41, 5.74) is 0.761. The molecule has 0 spiro atoms. The van der Waals surface area contributed by atoms with Crippen LogP contribution < -0.4 is 4.74 Å². The molecule has 5 heteroatoms. The summed E-state index contributed by atoms with van der Waals surface area (Å²) in [6.07, 6.45) is 0.953. The predicted octanol–water partition coefficient (Wildman–Crippen LogP) is 2.10. The fraction of sp³-hybridized carbons (Fsp3) is 0.538. The van der Waals surface area contributed by atoms with Gasteiger partial charge < -0.3 is 9.84 Å². The number of likely N-dealkylation sites (tertiary alicyclic amines) is 1.